The van der Waals surface area contributed by atoms with Gasteiger partial charge in [-0.1, -0.05) is 18.2 Å². The number of benzene rings is 1. The lowest BCUT2D eigenvalue weighted by Crippen LogP contribution is -2.37. The van der Waals surface area contributed by atoms with Crippen molar-refractivity contribution in [3.8, 4) is 0 Å². The molecule has 134 valence electrons. The van der Waals surface area contributed by atoms with Crippen LogP contribution >= 0.6 is 0 Å². The van der Waals surface area contributed by atoms with E-state index in [1.54, 1.807) is 21.9 Å². The average Bonchev–Trinajstić information content (AvgIpc) is 2.94. The van der Waals surface area contributed by atoms with Crippen LogP contribution in [0.15, 0.2) is 42.7 Å². The number of rotatable bonds is 3. The summed E-state index contributed by atoms with van der Waals surface area (Å²) < 4.78 is 0. The van der Waals surface area contributed by atoms with Crippen LogP contribution in [-0.4, -0.2) is 68.8 Å². The van der Waals surface area contributed by atoms with Crippen molar-refractivity contribution in [2.75, 3.05) is 26.2 Å². The van der Waals surface area contributed by atoms with Crippen molar-refractivity contribution in [2.45, 2.75) is 6.42 Å². The Morgan fingerprint density at radius 3 is 1.96 bits per heavy atom. The van der Waals surface area contributed by atoms with E-state index in [4.69, 9.17) is 5.11 Å². The van der Waals surface area contributed by atoms with Gasteiger partial charge >= 0.3 is 5.97 Å². The molecule has 3 rings (SSSR count). The summed E-state index contributed by atoms with van der Waals surface area (Å²) in [6.45, 7) is 1.89. The molecule has 26 heavy (non-hydrogen) atoms. The lowest BCUT2D eigenvalue weighted by Gasteiger charge is -2.22. The van der Waals surface area contributed by atoms with Crippen molar-refractivity contribution in [1.82, 2.24) is 19.8 Å². The predicted molar refractivity (Wildman–Crippen MR) is 91.9 cm³/mol. The maximum absolute atomic E-state index is 12.6. The minimum Gasteiger partial charge on any atom is -0.476 e. The topological polar surface area (TPSA) is 104 Å². The summed E-state index contributed by atoms with van der Waals surface area (Å²) in [5.74, 6) is -1.56. The molecule has 0 atom stereocenters. The second-order valence-corrected chi connectivity index (χ2v) is 5.90. The number of carboxylic acids is 1. The van der Waals surface area contributed by atoms with Crippen molar-refractivity contribution in [2.24, 2.45) is 0 Å². The third-order valence-corrected chi connectivity index (χ3v) is 4.18. The maximum atomic E-state index is 12.6. The smallest absolute Gasteiger partial charge is 0.356 e. The molecule has 8 nitrogen and oxygen atoms in total. The highest BCUT2D eigenvalue weighted by atomic mass is 16.4. The van der Waals surface area contributed by atoms with Gasteiger partial charge in [0.25, 0.3) is 11.8 Å². The molecule has 1 aliphatic heterocycles. The van der Waals surface area contributed by atoms with E-state index in [-0.39, 0.29) is 23.2 Å². The van der Waals surface area contributed by atoms with Gasteiger partial charge in [0.2, 0.25) is 0 Å². The van der Waals surface area contributed by atoms with Crippen LogP contribution in [0, 0.1) is 0 Å². The highest BCUT2D eigenvalue weighted by Crippen LogP contribution is 2.11. The molecule has 1 saturated heterocycles. The summed E-state index contributed by atoms with van der Waals surface area (Å²) in [5, 5.41) is 8.84. The number of hydrogen-bond donors (Lipinski definition) is 1. The number of hydrogen-bond acceptors (Lipinski definition) is 5. The lowest BCUT2D eigenvalue weighted by atomic mass is 10.2. The Kier molecular flexibility index (Phi) is 5.21. The third kappa shape index (κ3) is 3.85. The highest BCUT2D eigenvalue weighted by molar-refractivity contribution is 5.95. The molecular formula is C18H18N4O4. The van der Waals surface area contributed by atoms with Crippen LogP contribution < -0.4 is 0 Å². The fourth-order valence-corrected chi connectivity index (χ4v) is 2.80. The van der Waals surface area contributed by atoms with Gasteiger partial charge in [-0.25, -0.2) is 14.8 Å². The molecule has 0 saturated carbocycles. The van der Waals surface area contributed by atoms with Gasteiger partial charge in [0.05, 0.1) is 12.4 Å². The summed E-state index contributed by atoms with van der Waals surface area (Å²) in [7, 11) is 0. The van der Waals surface area contributed by atoms with Crippen LogP contribution in [0.1, 0.15) is 37.8 Å². The first-order valence-corrected chi connectivity index (χ1v) is 8.25. The SMILES string of the molecule is O=C(O)c1cnc(C(=O)N2CCCN(C(=O)c3ccccc3)CC2)cn1. The first-order valence-electron chi connectivity index (χ1n) is 8.25. The maximum Gasteiger partial charge on any atom is 0.356 e. The normalized spacial score (nSPS) is 14.6. The number of aromatic nitrogens is 2. The van der Waals surface area contributed by atoms with Crippen molar-refractivity contribution >= 4 is 17.8 Å². The van der Waals surface area contributed by atoms with Gasteiger partial charge in [0, 0.05) is 31.7 Å². The number of carbonyl (C=O) groups excluding carboxylic acids is 2. The van der Waals surface area contributed by atoms with E-state index in [0.717, 1.165) is 6.20 Å². The number of amides is 2. The van der Waals surface area contributed by atoms with Gasteiger partial charge in [-0.15, -0.1) is 0 Å². The molecule has 2 heterocycles. The van der Waals surface area contributed by atoms with Gasteiger partial charge in [0.1, 0.15) is 5.69 Å². The predicted octanol–water partition coefficient (Wildman–Crippen LogP) is 1.16. The van der Waals surface area contributed by atoms with Gasteiger partial charge in [-0.3, -0.25) is 9.59 Å². The second-order valence-electron chi connectivity index (χ2n) is 5.90. The Balaban J connectivity index is 1.65. The van der Waals surface area contributed by atoms with E-state index < -0.39 is 5.97 Å². The van der Waals surface area contributed by atoms with E-state index in [0.29, 0.717) is 38.2 Å². The molecule has 1 fully saturated rings. The van der Waals surface area contributed by atoms with E-state index in [9.17, 15) is 14.4 Å². The van der Waals surface area contributed by atoms with Crippen LogP contribution in [0.4, 0.5) is 0 Å². The molecule has 1 aliphatic rings. The van der Waals surface area contributed by atoms with Gasteiger partial charge in [-0.2, -0.15) is 0 Å². The van der Waals surface area contributed by atoms with Crippen LogP contribution in [0.2, 0.25) is 0 Å². The molecular weight excluding hydrogens is 336 g/mol. The molecule has 1 aromatic carbocycles. The Hall–Kier alpha value is -3.29. The Labute approximate surface area is 150 Å². The molecule has 0 unspecified atom stereocenters. The first-order chi connectivity index (χ1) is 12.6. The van der Waals surface area contributed by atoms with Crippen molar-refractivity contribution in [3.05, 3.63) is 59.7 Å². The fraction of sp³-hybridized carbons (Fsp3) is 0.278. The average molecular weight is 354 g/mol. The minimum atomic E-state index is -1.19. The summed E-state index contributed by atoms with van der Waals surface area (Å²) in [5.41, 5.74) is 0.511. The molecule has 1 aromatic heterocycles. The molecule has 0 radical (unpaired) electrons. The van der Waals surface area contributed by atoms with E-state index >= 15 is 0 Å². The van der Waals surface area contributed by atoms with E-state index in [1.807, 2.05) is 18.2 Å². The quantitative estimate of drug-likeness (QED) is 0.887. The Morgan fingerprint density at radius 2 is 1.38 bits per heavy atom. The number of aromatic carboxylic acids is 1. The highest BCUT2D eigenvalue weighted by Gasteiger charge is 2.24. The zero-order valence-corrected chi connectivity index (χ0v) is 14.0. The number of carbonyl (C=O) groups is 3. The summed E-state index contributed by atoms with van der Waals surface area (Å²) in [6.07, 6.45) is 2.90. The molecule has 0 aliphatic carbocycles. The number of carboxylic acid groups (broad SMARTS) is 1. The Bertz CT molecular complexity index is 808. The van der Waals surface area contributed by atoms with E-state index in [2.05, 4.69) is 9.97 Å². The first kappa shape index (κ1) is 17.5. The molecule has 2 amide bonds. The van der Waals surface area contributed by atoms with Gasteiger partial charge in [-0.05, 0) is 18.6 Å². The lowest BCUT2D eigenvalue weighted by molar-refractivity contribution is 0.0686. The zero-order chi connectivity index (χ0) is 18.5. The standard InChI is InChI=1S/C18H18N4O4/c23-16(13-5-2-1-3-6-13)21-7-4-8-22(10-9-21)17(24)14-11-20-15(12-19-14)18(25)26/h1-3,5-6,11-12H,4,7-10H2,(H,25,26). The van der Waals surface area contributed by atoms with Crippen molar-refractivity contribution in [1.29, 1.82) is 0 Å². The monoisotopic (exact) mass is 354 g/mol. The van der Waals surface area contributed by atoms with Crippen molar-refractivity contribution in [3.63, 3.8) is 0 Å². The molecule has 0 spiro atoms. The number of nitrogens with zero attached hydrogens (tertiary/aromatic N) is 4. The largest absolute Gasteiger partial charge is 0.476 e. The third-order valence-electron chi connectivity index (χ3n) is 4.18. The van der Waals surface area contributed by atoms with Gasteiger partial charge in [0.15, 0.2) is 5.69 Å². The summed E-state index contributed by atoms with van der Waals surface area (Å²) >= 11 is 0. The van der Waals surface area contributed by atoms with Crippen molar-refractivity contribution < 1.29 is 19.5 Å². The molecule has 1 N–H and O–H groups in total. The zero-order valence-electron chi connectivity index (χ0n) is 14.0. The summed E-state index contributed by atoms with van der Waals surface area (Å²) in [6, 6.07) is 9.04. The van der Waals surface area contributed by atoms with Gasteiger partial charge < -0.3 is 14.9 Å². The van der Waals surface area contributed by atoms with Crippen LogP contribution in [0.5, 0.6) is 0 Å². The second kappa shape index (κ2) is 7.73. The molecule has 0 bridgehead atoms. The van der Waals surface area contributed by atoms with Crippen LogP contribution in [0.25, 0.3) is 0 Å². The van der Waals surface area contributed by atoms with Crippen LogP contribution in [0.3, 0.4) is 0 Å². The van der Waals surface area contributed by atoms with Crippen LogP contribution in [-0.2, 0) is 0 Å². The van der Waals surface area contributed by atoms with E-state index in [1.165, 1.54) is 6.20 Å². The Morgan fingerprint density at radius 1 is 0.808 bits per heavy atom. The molecule has 8 heteroatoms. The minimum absolute atomic E-state index is 0.0505. The summed E-state index contributed by atoms with van der Waals surface area (Å²) in [4.78, 5) is 46.9. The fourth-order valence-electron chi connectivity index (χ4n) is 2.80. The molecule has 2 aromatic rings.